The highest BCUT2D eigenvalue weighted by Crippen LogP contribution is 2.26. The molecule has 1 N–H and O–H groups in total. The van der Waals surface area contributed by atoms with Crippen LogP contribution in [0, 0.1) is 5.92 Å². The van der Waals surface area contributed by atoms with Gasteiger partial charge in [0.2, 0.25) is 0 Å². The molecule has 1 aromatic rings. The van der Waals surface area contributed by atoms with E-state index in [0.717, 1.165) is 45.0 Å². The van der Waals surface area contributed by atoms with Crippen molar-refractivity contribution in [3.63, 3.8) is 0 Å². The number of aliphatic carboxylic acids is 1. The van der Waals surface area contributed by atoms with Gasteiger partial charge >= 0.3 is 12.1 Å². The van der Waals surface area contributed by atoms with Crippen LogP contribution in [0.4, 0.5) is 10.6 Å². The third-order valence-corrected chi connectivity index (χ3v) is 5.31. The molecular weight excluding hydrogens is 382 g/mol. The lowest BCUT2D eigenvalue weighted by molar-refractivity contribution is -0.131. The second-order valence-electron chi connectivity index (χ2n) is 8.86. The maximum atomic E-state index is 13.0. The first kappa shape index (κ1) is 23.9. The van der Waals surface area contributed by atoms with Gasteiger partial charge in [-0.3, -0.25) is 4.90 Å². The molecule has 0 bridgehead atoms. The van der Waals surface area contributed by atoms with Crippen LogP contribution in [-0.4, -0.2) is 58.3 Å². The van der Waals surface area contributed by atoms with E-state index >= 15 is 0 Å². The van der Waals surface area contributed by atoms with E-state index in [2.05, 4.69) is 23.7 Å². The highest BCUT2D eigenvalue weighted by Gasteiger charge is 2.35. The number of carbonyl (C=O) groups excluding carboxylic acids is 1. The summed E-state index contributed by atoms with van der Waals surface area (Å²) in [5.74, 6) is 0.168. The first-order chi connectivity index (χ1) is 14.1. The Labute approximate surface area is 179 Å². The van der Waals surface area contributed by atoms with Crippen molar-refractivity contribution in [3.05, 3.63) is 30.0 Å². The van der Waals surface area contributed by atoms with Crippen molar-refractivity contribution < 1.29 is 19.4 Å². The van der Waals surface area contributed by atoms with E-state index in [1.165, 1.54) is 6.08 Å². The highest BCUT2D eigenvalue weighted by atomic mass is 16.6. The lowest BCUT2D eigenvalue weighted by Gasteiger charge is -2.31. The van der Waals surface area contributed by atoms with Gasteiger partial charge in [-0.05, 0) is 56.9 Å². The molecule has 1 aromatic heterocycles. The summed E-state index contributed by atoms with van der Waals surface area (Å²) in [5, 5.41) is 8.78. The molecule has 1 amide bonds. The summed E-state index contributed by atoms with van der Waals surface area (Å²) in [7, 11) is 0. The number of hydrogen-bond acceptors (Lipinski definition) is 5. The van der Waals surface area contributed by atoms with Crippen LogP contribution in [-0.2, 0) is 9.53 Å². The average molecular weight is 418 g/mol. The monoisotopic (exact) mass is 417 g/mol. The van der Waals surface area contributed by atoms with E-state index in [1.807, 2.05) is 20.8 Å². The van der Waals surface area contributed by atoms with Gasteiger partial charge in [-0.25, -0.2) is 14.6 Å². The van der Waals surface area contributed by atoms with E-state index in [1.54, 1.807) is 23.2 Å². The van der Waals surface area contributed by atoms with Crippen molar-refractivity contribution in [2.75, 3.05) is 24.5 Å². The minimum Gasteiger partial charge on any atom is -0.478 e. The topological polar surface area (TPSA) is 83.0 Å². The third-order valence-electron chi connectivity index (χ3n) is 5.31. The smallest absolute Gasteiger partial charge is 0.416 e. The van der Waals surface area contributed by atoms with Gasteiger partial charge in [0.1, 0.15) is 11.4 Å². The number of anilines is 1. The number of carboxylic acid groups (broad SMARTS) is 1. The Morgan fingerprint density at radius 2 is 2.03 bits per heavy atom. The van der Waals surface area contributed by atoms with Gasteiger partial charge in [0.25, 0.3) is 0 Å². The molecule has 1 atom stereocenters. The molecule has 7 nitrogen and oxygen atoms in total. The van der Waals surface area contributed by atoms with E-state index in [-0.39, 0.29) is 6.04 Å². The van der Waals surface area contributed by atoms with Crippen molar-refractivity contribution in [1.82, 2.24) is 9.88 Å². The Kier molecular flexibility index (Phi) is 8.41. The molecule has 1 aliphatic heterocycles. The van der Waals surface area contributed by atoms with E-state index in [9.17, 15) is 9.59 Å². The summed E-state index contributed by atoms with van der Waals surface area (Å²) in [6, 6.07) is 3.49. The molecule has 7 heteroatoms. The fourth-order valence-electron chi connectivity index (χ4n) is 3.65. The summed E-state index contributed by atoms with van der Waals surface area (Å²) in [6.07, 6.45) is 6.88. The summed E-state index contributed by atoms with van der Waals surface area (Å²) in [5.41, 5.74) is 0.0555. The second kappa shape index (κ2) is 10.6. The largest absolute Gasteiger partial charge is 0.478 e. The second-order valence-corrected chi connectivity index (χ2v) is 8.86. The van der Waals surface area contributed by atoms with Crippen molar-refractivity contribution in [2.45, 2.75) is 65.5 Å². The molecule has 0 saturated carbocycles. The quantitative estimate of drug-likeness (QED) is 0.630. The average Bonchev–Trinajstić information content (AvgIpc) is 3.12. The summed E-state index contributed by atoms with van der Waals surface area (Å²) < 4.78 is 5.67. The Morgan fingerprint density at radius 1 is 1.33 bits per heavy atom. The van der Waals surface area contributed by atoms with Crippen LogP contribution in [0.5, 0.6) is 0 Å². The molecule has 1 saturated heterocycles. The van der Waals surface area contributed by atoms with E-state index < -0.39 is 17.7 Å². The maximum Gasteiger partial charge on any atom is 0.416 e. The van der Waals surface area contributed by atoms with Crippen LogP contribution in [0.15, 0.2) is 24.4 Å². The van der Waals surface area contributed by atoms with Gasteiger partial charge in [0.15, 0.2) is 0 Å². The predicted octanol–water partition coefficient (Wildman–Crippen LogP) is 4.43. The SMILES string of the molecule is CCC(CC)CN1CC[C@@H](N(C(=O)OC(C)(C)C)c2ccc(/C=C/C(=O)O)cn2)C1. The highest BCUT2D eigenvalue weighted by molar-refractivity contribution is 5.88. The Morgan fingerprint density at radius 3 is 2.57 bits per heavy atom. The van der Waals surface area contributed by atoms with Crippen LogP contribution in [0.3, 0.4) is 0 Å². The molecule has 1 fully saturated rings. The molecule has 2 heterocycles. The number of ether oxygens (including phenoxy) is 1. The zero-order valence-electron chi connectivity index (χ0n) is 18.8. The first-order valence-electron chi connectivity index (χ1n) is 10.7. The molecule has 0 aromatic carbocycles. The van der Waals surface area contributed by atoms with Crippen LogP contribution in [0.25, 0.3) is 6.08 Å². The molecule has 1 aliphatic rings. The van der Waals surface area contributed by atoms with Gasteiger partial charge in [-0.1, -0.05) is 26.7 Å². The van der Waals surface area contributed by atoms with Gasteiger partial charge in [0, 0.05) is 31.9 Å². The van der Waals surface area contributed by atoms with Gasteiger partial charge in [-0.15, -0.1) is 0 Å². The Bertz CT molecular complexity index is 736. The molecule has 0 unspecified atom stereocenters. The van der Waals surface area contributed by atoms with Crippen molar-refractivity contribution in [1.29, 1.82) is 0 Å². The number of carbonyl (C=O) groups is 2. The number of likely N-dealkylation sites (tertiary alicyclic amines) is 1. The van der Waals surface area contributed by atoms with Crippen LogP contribution >= 0.6 is 0 Å². The van der Waals surface area contributed by atoms with Gasteiger partial charge in [-0.2, -0.15) is 0 Å². The van der Waals surface area contributed by atoms with E-state index in [0.29, 0.717) is 17.3 Å². The molecule has 0 aliphatic carbocycles. The summed E-state index contributed by atoms with van der Waals surface area (Å²) >= 11 is 0. The number of amides is 1. The molecule has 30 heavy (non-hydrogen) atoms. The van der Waals surface area contributed by atoms with Gasteiger partial charge < -0.3 is 14.7 Å². The standard InChI is InChI=1S/C23H35N3O4/c1-6-17(7-2)15-25-13-12-19(16-25)26(22(29)30-23(3,4)5)20-10-8-18(14-24-20)9-11-21(27)28/h8-11,14,17,19H,6-7,12-13,15-16H2,1-5H3,(H,27,28)/b11-9+/t19-/m1/s1. The number of aromatic nitrogens is 1. The molecule has 2 rings (SSSR count). The number of pyridine rings is 1. The summed E-state index contributed by atoms with van der Waals surface area (Å²) in [4.78, 5) is 32.3. The third kappa shape index (κ3) is 7.13. The minimum absolute atomic E-state index is 0.0119. The maximum absolute atomic E-state index is 13.0. The van der Waals surface area contributed by atoms with Crippen molar-refractivity contribution in [2.24, 2.45) is 5.92 Å². The Hall–Kier alpha value is -2.41. The van der Waals surface area contributed by atoms with Crippen LogP contribution in [0.1, 0.15) is 59.4 Å². The number of rotatable bonds is 8. The van der Waals surface area contributed by atoms with Crippen molar-refractivity contribution >= 4 is 24.0 Å². The fraction of sp³-hybridized carbons (Fsp3) is 0.609. The number of hydrogen-bond donors (Lipinski definition) is 1. The number of carboxylic acids is 1. The number of nitrogens with zero attached hydrogens (tertiary/aromatic N) is 3. The van der Waals surface area contributed by atoms with Crippen molar-refractivity contribution in [3.8, 4) is 0 Å². The fourth-order valence-corrected chi connectivity index (χ4v) is 3.65. The zero-order chi connectivity index (χ0) is 22.3. The molecular formula is C23H35N3O4. The first-order valence-corrected chi connectivity index (χ1v) is 10.7. The summed E-state index contributed by atoms with van der Waals surface area (Å²) in [6.45, 7) is 12.8. The van der Waals surface area contributed by atoms with E-state index in [4.69, 9.17) is 9.84 Å². The van der Waals surface area contributed by atoms with Crippen LogP contribution < -0.4 is 4.90 Å². The zero-order valence-corrected chi connectivity index (χ0v) is 18.8. The molecule has 0 radical (unpaired) electrons. The lowest BCUT2D eigenvalue weighted by Crippen LogP contribution is -2.45. The minimum atomic E-state index is -1.02. The normalized spacial score (nSPS) is 17.6. The Balaban J connectivity index is 2.21. The predicted molar refractivity (Wildman–Crippen MR) is 119 cm³/mol. The van der Waals surface area contributed by atoms with Crippen LogP contribution in [0.2, 0.25) is 0 Å². The molecule has 166 valence electrons. The molecule has 0 spiro atoms. The lowest BCUT2D eigenvalue weighted by atomic mass is 10.0. The van der Waals surface area contributed by atoms with Gasteiger partial charge in [0.05, 0.1) is 6.04 Å².